The number of hydrogen-bond donors (Lipinski definition) is 0. The SMILES string of the molecule is Clc1ccc(CSc2nnc(-c3cnccn3)o2)c(Cl)c1. The van der Waals surface area contributed by atoms with Gasteiger partial charge in [-0.3, -0.25) is 4.98 Å². The Morgan fingerprint density at radius 3 is 2.81 bits per heavy atom. The molecular formula is C13H8Cl2N4OS. The van der Waals surface area contributed by atoms with Crippen LogP contribution in [0.3, 0.4) is 0 Å². The van der Waals surface area contributed by atoms with Crippen LogP contribution in [0.1, 0.15) is 5.56 Å². The van der Waals surface area contributed by atoms with Gasteiger partial charge in [0.2, 0.25) is 0 Å². The molecule has 0 bridgehead atoms. The van der Waals surface area contributed by atoms with E-state index >= 15 is 0 Å². The lowest BCUT2D eigenvalue weighted by molar-refractivity contribution is 0.464. The standard InChI is InChI=1S/C13H8Cl2N4OS/c14-9-2-1-8(10(15)5-9)7-21-13-19-18-12(20-13)11-6-16-3-4-17-11/h1-6H,7H2. The Labute approximate surface area is 134 Å². The maximum atomic E-state index is 6.11. The molecule has 3 aromatic rings. The lowest BCUT2D eigenvalue weighted by Gasteiger charge is -2.02. The Morgan fingerprint density at radius 2 is 2.05 bits per heavy atom. The molecule has 5 nitrogen and oxygen atoms in total. The molecule has 0 spiro atoms. The van der Waals surface area contributed by atoms with Crippen molar-refractivity contribution >= 4 is 35.0 Å². The highest BCUT2D eigenvalue weighted by molar-refractivity contribution is 7.98. The fourth-order valence-corrected chi connectivity index (χ4v) is 2.88. The maximum Gasteiger partial charge on any atom is 0.277 e. The van der Waals surface area contributed by atoms with Gasteiger partial charge in [0.25, 0.3) is 11.1 Å². The lowest BCUT2D eigenvalue weighted by Crippen LogP contribution is -1.83. The van der Waals surface area contributed by atoms with Gasteiger partial charge in [0.15, 0.2) is 0 Å². The zero-order valence-electron chi connectivity index (χ0n) is 10.5. The van der Waals surface area contributed by atoms with Crippen LogP contribution >= 0.6 is 35.0 Å². The molecule has 2 aromatic heterocycles. The molecule has 21 heavy (non-hydrogen) atoms. The molecule has 0 atom stereocenters. The third-order valence-electron chi connectivity index (χ3n) is 2.56. The van der Waals surface area contributed by atoms with Crippen LogP contribution in [0.4, 0.5) is 0 Å². The molecule has 0 unspecified atom stereocenters. The monoisotopic (exact) mass is 338 g/mol. The summed E-state index contributed by atoms with van der Waals surface area (Å²) in [5.41, 5.74) is 1.49. The van der Waals surface area contributed by atoms with Gasteiger partial charge in [0.05, 0.1) is 6.20 Å². The Balaban J connectivity index is 1.70. The van der Waals surface area contributed by atoms with Crippen LogP contribution in [0.5, 0.6) is 0 Å². The fraction of sp³-hybridized carbons (Fsp3) is 0.0769. The first kappa shape index (κ1) is 14.3. The van der Waals surface area contributed by atoms with Crippen molar-refractivity contribution in [3.63, 3.8) is 0 Å². The van der Waals surface area contributed by atoms with Gasteiger partial charge in [-0.1, -0.05) is 41.0 Å². The minimum atomic E-state index is 0.341. The van der Waals surface area contributed by atoms with Crippen LogP contribution < -0.4 is 0 Å². The zero-order valence-corrected chi connectivity index (χ0v) is 12.9. The third-order valence-corrected chi connectivity index (χ3v) is 4.01. The summed E-state index contributed by atoms with van der Waals surface area (Å²) in [5.74, 6) is 0.950. The summed E-state index contributed by atoms with van der Waals surface area (Å²) in [7, 11) is 0. The molecule has 1 aromatic carbocycles. The van der Waals surface area contributed by atoms with E-state index in [0.29, 0.717) is 32.6 Å². The van der Waals surface area contributed by atoms with E-state index in [1.54, 1.807) is 30.7 Å². The van der Waals surface area contributed by atoms with Gasteiger partial charge >= 0.3 is 0 Å². The predicted octanol–water partition coefficient (Wildman–Crippen LogP) is 4.13. The number of benzene rings is 1. The van der Waals surface area contributed by atoms with Crippen LogP contribution in [0.25, 0.3) is 11.6 Å². The van der Waals surface area contributed by atoms with E-state index < -0.39 is 0 Å². The molecule has 8 heteroatoms. The summed E-state index contributed by atoms with van der Waals surface area (Å²) in [6, 6.07) is 5.37. The molecular weight excluding hydrogens is 331 g/mol. The van der Waals surface area contributed by atoms with E-state index in [-0.39, 0.29) is 0 Å². The van der Waals surface area contributed by atoms with Gasteiger partial charge in [-0.25, -0.2) is 4.98 Å². The van der Waals surface area contributed by atoms with Crippen LogP contribution in [0.15, 0.2) is 46.4 Å². The second kappa shape index (κ2) is 6.43. The predicted molar refractivity (Wildman–Crippen MR) is 81.3 cm³/mol. The molecule has 2 heterocycles. The highest BCUT2D eigenvalue weighted by Gasteiger charge is 2.11. The van der Waals surface area contributed by atoms with Gasteiger partial charge in [-0.2, -0.15) is 0 Å². The molecule has 0 amide bonds. The van der Waals surface area contributed by atoms with E-state index in [1.807, 2.05) is 6.07 Å². The number of aromatic nitrogens is 4. The van der Waals surface area contributed by atoms with Gasteiger partial charge < -0.3 is 4.42 Å². The molecule has 3 rings (SSSR count). The largest absolute Gasteiger partial charge is 0.410 e. The van der Waals surface area contributed by atoms with E-state index in [2.05, 4.69) is 20.2 Å². The molecule has 0 aliphatic carbocycles. The van der Waals surface area contributed by atoms with Crippen molar-refractivity contribution in [3.05, 3.63) is 52.4 Å². The molecule has 0 saturated carbocycles. The number of thioether (sulfide) groups is 1. The first-order chi connectivity index (χ1) is 10.2. The lowest BCUT2D eigenvalue weighted by atomic mass is 10.2. The van der Waals surface area contributed by atoms with Crippen molar-refractivity contribution in [1.82, 2.24) is 20.2 Å². The van der Waals surface area contributed by atoms with E-state index in [0.717, 1.165) is 5.56 Å². The molecule has 106 valence electrons. The first-order valence-corrected chi connectivity index (χ1v) is 7.63. The van der Waals surface area contributed by atoms with Crippen molar-refractivity contribution in [2.24, 2.45) is 0 Å². The smallest absolute Gasteiger partial charge is 0.277 e. The highest BCUT2D eigenvalue weighted by Crippen LogP contribution is 2.29. The summed E-state index contributed by atoms with van der Waals surface area (Å²) in [6.45, 7) is 0. The van der Waals surface area contributed by atoms with Gasteiger partial charge in [-0.15, -0.1) is 10.2 Å². The van der Waals surface area contributed by atoms with Crippen LogP contribution in [-0.4, -0.2) is 20.2 Å². The number of nitrogens with zero attached hydrogens (tertiary/aromatic N) is 4. The first-order valence-electron chi connectivity index (χ1n) is 5.89. The summed E-state index contributed by atoms with van der Waals surface area (Å²) < 4.78 is 5.52. The van der Waals surface area contributed by atoms with Crippen molar-refractivity contribution in [1.29, 1.82) is 0 Å². The molecule has 0 aliphatic heterocycles. The van der Waals surface area contributed by atoms with Gasteiger partial charge in [-0.05, 0) is 17.7 Å². The minimum absolute atomic E-state index is 0.341. The third kappa shape index (κ3) is 3.53. The van der Waals surface area contributed by atoms with Crippen LogP contribution in [-0.2, 0) is 5.75 Å². The highest BCUT2D eigenvalue weighted by atomic mass is 35.5. The Morgan fingerprint density at radius 1 is 1.14 bits per heavy atom. The van der Waals surface area contributed by atoms with E-state index in [1.165, 1.54) is 11.8 Å². The molecule has 0 fully saturated rings. The molecule has 0 aliphatic rings. The average molecular weight is 339 g/mol. The summed E-state index contributed by atoms with van der Waals surface area (Å²) in [4.78, 5) is 8.06. The van der Waals surface area contributed by atoms with E-state index in [4.69, 9.17) is 27.6 Å². The summed E-state index contributed by atoms with van der Waals surface area (Å²) in [5, 5.41) is 9.57. The number of hydrogen-bond acceptors (Lipinski definition) is 6. The second-order valence-corrected chi connectivity index (χ2v) is 5.76. The van der Waals surface area contributed by atoms with Crippen molar-refractivity contribution in [2.45, 2.75) is 11.0 Å². The Kier molecular flexibility index (Phi) is 4.38. The van der Waals surface area contributed by atoms with Crippen LogP contribution in [0, 0.1) is 0 Å². The summed E-state index contributed by atoms with van der Waals surface area (Å²) in [6.07, 6.45) is 4.72. The van der Waals surface area contributed by atoms with Crippen LogP contribution in [0.2, 0.25) is 10.0 Å². The zero-order chi connectivity index (χ0) is 14.7. The quantitative estimate of drug-likeness (QED) is 0.666. The van der Waals surface area contributed by atoms with Crippen molar-refractivity contribution in [3.8, 4) is 11.6 Å². The van der Waals surface area contributed by atoms with Gasteiger partial charge in [0, 0.05) is 28.2 Å². The number of halogens is 2. The fourth-order valence-electron chi connectivity index (χ4n) is 1.56. The van der Waals surface area contributed by atoms with Crippen molar-refractivity contribution < 1.29 is 4.42 Å². The minimum Gasteiger partial charge on any atom is -0.410 e. The number of rotatable bonds is 4. The average Bonchev–Trinajstić information content (AvgIpc) is 2.96. The van der Waals surface area contributed by atoms with E-state index in [9.17, 15) is 0 Å². The Hall–Kier alpha value is -1.63. The Bertz CT molecular complexity index is 751. The van der Waals surface area contributed by atoms with Crippen molar-refractivity contribution in [2.75, 3.05) is 0 Å². The van der Waals surface area contributed by atoms with Gasteiger partial charge in [0.1, 0.15) is 5.69 Å². The maximum absolute atomic E-state index is 6.11. The summed E-state index contributed by atoms with van der Waals surface area (Å²) >= 11 is 13.4. The molecule has 0 N–H and O–H groups in total. The second-order valence-electron chi connectivity index (χ2n) is 3.99. The molecule has 0 radical (unpaired) electrons. The molecule has 0 saturated heterocycles. The normalized spacial score (nSPS) is 10.8. The topological polar surface area (TPSA) is 64.7 Å².